The van der Waals surface area contributed by atoms with Crippen molar-refractivity contribution in [2.24, 2.45) is 0 Å². The van der Waals surface area contributed by atoms with Crippen LogP contribution < -0.4 is 15.4 Å². The van der Waals surface area contributed by atoms with E-state index in [1.54, 1.807) is 0 Å². The van der Waals surface area contributed by atoms with Gasteiger partial charge in [-0.3, -0.25) is 0 Å². The SMILES string of the molecule is Cc1ccc(NC(=S)NCCCCOc2ccccc2)cc1. The molecule has 0 radical (unpaired) electrons. The number of hydrogen-bond acceptors (Lipinski definition) is 2. The molecule has 0 atom stereocenters. The second kappa shape index (κ2) is 9.05. The summed E-state index contributed by atoms with van der Waals surface area (Å²) in [5.74, 6) is 0.923. The molecule has 2 rings (SSSR count). The average Bonchev–Trinajstić information content (AvgIpc) is 2.54. The lowest BCUT2D eigenvalue weighted by atomic mass is 10.2. The van der Waals surface area contributed by atoms with Gasteiger partial charge in [0.25, 0.3) is 0 Å². The van der Waals surface area contributed by atoms with E-state index in [2.05, 4.69) is 29.7 Å². The molecule has 2 N–H and O–H groups in total. The van der Waals surface area contributed by atoms with Gasteiger partial charge < -0.3 is 15.4 Å². The molecule has 2 aromatic rings. The highest BCUT2D eigenvalue weighted by atomic mass is 32.1. The van der Waals surface area contributed by atoms with E-state index in [1.807, 2.05) is 42.5 Å². The van der Waals surface area contributed by atoms with E-state index in [4.69, 9.17) is 17.0 Å². The summed E-state index contributed by atoms with van der Waals surface area (Å²) in [5, 5.41) is 7.04. The highest BCUT2D eigenvalue weighted by molar-refractivity contribution is 7.80. The first-order valence-electron chi connectivity index (χ1n) is 7.53. The van der Waals surface area contributed by atoms with Gasteiger partial charge in [-0.2, -0.15) is 0 Å². The van der Waals surface area contributed by atoms with Crippen LogP contribution in [0.15, 0.2) is 54.6 Å². The van der Waals surface area contributed by atoms with E-state index < -0.39 is 0 Å². The second-order valence-electron chi connectivity index (χ2n) is 5.12. The number of unbranched alkanes of at least 4 members (excludes halogenated alkanes) is 1. The predicted octanol–water partition coefficient (Wildman–Crippen LogP) is 4.14. The average molecular weight is 314 g/mol. The zero-order valence-corrected chi connectivity index (χ0v) is 13.7. The third kappa shape index (κ3) is 6.14. The lowest BCUT2D eigenvalue weighted by Crippen LogP contribution is -2.29. The molecular weight excluding hydrogens is 292 g/mol. The molecule has 0 amide bonds. The lowest BCUT2D eigenvalue weighted by molar-refractivity contribution is 0.307. The molecule has 116 valence electrons. The molecule has 0 aliphatic carbocycles. The summed E-state index contributed by atoms with van der Waals surface area (Å²) in [4.78, 5) is 0. The first kappa shape index (κ1) is 16.3. The molecule has 4 heteroatoms. The van der Waals surface area contributed by atoms with Crippen LogP contribution in [0.5, 0.6) is 5.75 Å². The Morgan fingerprint density at radius 2 is 1.73 bits per heavy atom. The largest absolute Gasteiger partial charge is 0.494 e. The summed E-state index contributed by atoms with van der Waals surface area (Å²) in [5.41, 5.74) is 2.25. The van der Waals surface area contributed by atoms with E-state index >= 15 is 0 Å². The van der Waals surface area contributed by atoms with Crippen molar-refractivity contribution in [2.45, 2.75) is 19.8 Å². The topological polar surface area (TPSA) is 33.3 Å². The van der Waals surface area contributed by atoms with E-state index in [0.29, 0.717) is 5.11 Å². The number of aryl methyl sites for hydroxylation is 1. The summed E-state index contributed by atoms with van der Waals surface area (Å²) in [6.07, 6.45) is 2.01. The Kier molecular flexibility index (Phi) is 6.71. The van der Waals surface area contributed by atoms with Crippen molar-refractivity contribution >= 4 is 23.0 Å². The molecule has 0 bridgehead atoms. The monoisotopic (exact) mass is 314 g/mol. The van der Waals surface area contributed by atoms with Crippen molar-refractivity contribution in [1.29, 1.82) is 0 Å². The van der Waals surface area contributed by atoms with Crippen LogP contribution in [-0.2, 0) is 0 Å². The molecule has 0 heterocycles. The van der Waals surface area contributed by atoms with Gasteiger partial charge in [0.2, 0.25) is 0 Å². The summed E-state index contributed by atoms with van der Waals surface area (Å²) in [7, 11) is 0. The van der Waals surface area contributed by atoms with Crippen molar-refractivity contribution in [2.75, 3.05) is 18.5 Å². The van der Waals surface area contributed by atoms with Crippen molar-refractivity contribution in [3.05, 3.63) is 60.2 Å². The summed E-state index contributed by atoms with van der Waals surface area (Å²) < 4.78 is 5.64. The van der Waals surface area contributed by atoms with Gasteiger partial charge in [0.1, 0.15) is 5.75 Å². The fourth-order valence-corrected chi connectivity index (χ4v) is 2.17. The fraction of sp³-hybridized carbons (Fsp3) is 0.278. The summed E-state index contributed by atoms with van der Waals surface area (Å²) in [6, 6.07) is 18.1. The number of rotatable bonds is 7. The van der Waals surface area contributed by atoms with Gasteiger partial charge in [0.15, 0.2) is 5.11 Å². The zero-order chi connectivity index (χ0) is 15.6. The third-order valence-corrected chi connectivity index (χ3v) is 3.42. The van der Waals surface area contributed by atoms with Crippen LogP contribution in [0, 0.1) is 6.92 Å². The normalized spacial score (nSPS) is 10.0. The van der Waals surface area contributed by atoms with Gasteiger partial charge in [-0.1, -0.05) is 35.9 Å². The van der Waals surface area contributed by atoms with Crippen LogP contribution in [0.1, 0.15) is 18.4 Å². The van der Waals surface area contributed by atoms with Crippen molar-refractivity contribution in [3.63, 3.8) is 0 Å². The summed E-state index contributed by atoms with van der Waals surface area (Å²) >= 11 is 5.27. The van der Waals surface area contributed by atoms with Crippen LogP contribution in [-0.4, -0.2) is 18.3 Å². The van der Waals surface area contributed by atoms with Gasteiger partial charge in [0, 0.05) is 12.2 Å². The minimum Gasteiger partial charge on any atom is -0.494 e. The third-order valence-electron chi connectivity index (χ3n) is 3.18. The number of anilines is 1. The van der Waals surface area contributed by atoms with Crippen molar-refractivity contribution < 1.29 is 4.74 Å². The molecule has 0 spiro atoms. The Labute approximate surface area is 137 Å². The Morgan fingerprint density at radius 1 is 1.00 bits per heavy atom. The molecule has 0 aliphatic rings. The first-order chi connectivity index (χ1) is 10.7. The Morgan fingerprint density at radius 3 is 2.45 bits per heavy atom. The van der Waals surface area contributed by atoms with Crippen molar-refractivity contribution in [1.82, 2.24) is 5.32 Å². The molecule has 0 aliphatic heterocycles. The molecule has 0 saturated heterocycles. The quantitative estimate of drug-likeness (QED) is 0.594. The Hall–Kier alpha value is -2.07. The van der Waals surface area contributed by atoms with Gasteiger partial charge in [-0.15, -0.1) is 0 Å². The molecule has 22 heavy (non-hydrogen) atoms. The van der Waals surface area contributed by atoms with E-state index in [0.717, 1.165) is 37.4 Å². The Balaban J connectivity index is 1.54. The number of hydrogen-bond donors (Lipinski definition) is 2. The second-order valence-corrected chi connectivity index (χ2v) is 5.52. The smallest absolute Gasteiger partial charge is 0.170 e. The number of thiocarbonyl (C=S) groups is 1. The van der Waals surface area contributed by atoms with Crippen LogP contribution in [0.25, 0.3) is 0 Å². The Bertz CT molecular complexity index is 569. The maximum Gasteiger partial charge on any atom is 0.170 e. The van der Waals surface area contributed by atoms with E-state index in [-0.39, 0.29) is 0 Å². The van der Waals surface area contributed by atoms with Crippen LogP contribution in [0.2, 0.25) is 0 Å². The summed E-state index contributed by atoms with van der Waals surface area (Å²) in [6.45, 7) is 3.64. The van der Waals surface area contributed by atoms with Crippen LogP contribution >= 0.6 is 12.2 Å². The van der Waals surface area contributed by atoms with Gasteiger partial charge in [-0.25, -0.2) is 0 Å². The van der Waals surface area contributed by atoms with E-state index in [1.165, 1.54) is 5.56 Å². The standard InChI is InChI=1S/C18H22N2OS/c1-15-9-11-16(12-10-15)20-18(22)19-13-5-6-14-21-17-7-3-2-4-8-17/h2-4,7-12H,5-6,13-14H2,1H3,(H2,19,20,22). The number of benzene rings is 2. The molecule has 0 fully saturated rings. The minimum absolute atomic E-state index is 0.660. The minimum atomic E-state index is 0.660. The van der Waals surface area contributed by atoms with Gasteiger partial charge in [0.05, 0.1) is 6.61 Å². The molecule has 2 aromatic carbocycles. The maximum absolute atomic E-state index is 5.64. The van der Waals surface area contributed by atoms with Crippen LogP contribution in [0.4, 0.5) is 5.69 Å². The highest BCUT2D eigenvalue weighted by Crippen LogP contribution is 2.09. The zero-order valence-electron chi connectivity index (χ0n) is 12.8. The van der Waals surface area contributed by atoms with Crippen molar-refractivity contribution in [3.8, 4) is 5.75 Å². The molecular formula is C18H22N2OS. The van der Waals surface area contributed by atoms with Gasteiger partial charge >= 0.3 is 0 Å². The van der Waals surface area contributed by atoms with Gasteiger partial charge in [-0.05, 0) is 56.2 Å². The van der Waals surface area contributed by atoms with Crippen LogP contribution in [0.3, 0.4) is 0 Å². The first-order valence-corrected chi connectivity index (χ1v) is 7.94. The number of nitrogens with one attached hydrogen (secondary N) is 2. The fourth-order valence-electron chi connectivity index (χ4n) is 1.95. The predicted molar refractivity (Wildman–Crippen MR) is 96.6 cm³/mol. The lowest BCUT2D eigenvalue weighted by Gasteiger charge is -2.11. The number of para-hydroxylation sites is 1. The number of ether oxygens (including phenoxy) is 1. The molecule has 3 nitrogen and oxygen atoms in total. The highest BCUT2D eigenvalue weighted by Gasteiger charge is 1.97. The maximum atomic E-state index is 5.64. The molecule has 0 aromatic heterocycles. The van der Waals surface area contributed by atoms with E-state index in [9.17, 15) is 0 Å². The molecule has 0 saturated carbocycles. The molecule has 0 unspecified atom stereocenters.